The highest BCUT2D eigenvalue weighted by atomic mass is 19.2. The molecule has 0 aliphatic rings. The molecule has 1 heterocycles. The molecule has 0 saturated heterocycles. The first-order valence-corrected chi connectivity index (χ1v) is 6.76. The van der Waals surface area contributed by atoms with Gasteiger partial charge in [0.2, 0.25) is 5.91 Å². The summed E-state index contributed by atoms with van der Waals surface area (Å²) in [4.78, 5) is 11.8. The molecular weight excluding hydrogens is 292 g/mol. The number of nitrogens with zero attached hydrogens (tertiary/aromatic N) is 4. The maximum atomic E-state index is 13.3. The van der Waals surface area contributed by atoms with E-state index in [1.807, 2.05) is 20.8 Å². The first-order chi connectivity index (χ1) is 10.3. The van der Waals surface area contributed by atoms with Crippen LogP contribution in [0.4, 0.5) is 8.78 Å². The fourth-order valence-corrected chi connectivity index (χ4v) is 1.86. The zero-order chi connectivity index (χ0) is 16.3. The Morgan fingerprint density at radius 3 is 2.64 bits per heavy atom. The van der Waals surface area contributed by atoms with Crippen molar-refractivity contribution in [3.63, 3.8) is 0 Å². The molecule has 8 heteroatoms. The minimum absolute atomic E-state index is 0.0981. The summed E-state index contributed by atoms with van der Waals surface area (Å²) in [6.07, 6.45) is 0.361. The fraction of sp³-hybridized carbons (Fsp3) is 0.429. The second kappa shape index (κ2) is 6.17. The van der Waals surface area contributed by atoms with Gasteiger partial charge in [-0.15, -0.1) is 5.10 Å². The molecule has 0 fully saturated rings. The topological polar surface area (TPSA) is 72.7 Å². The van der Waals surface area contributed by atoms with E-state index in [0.29, 0.717) is 12.2 Å². The van der Waals surface area contributed by atoms with Crippen molar-refractivity contribution in [3.8, 4) is 5.69 Å². The number of aromatic nitrogens is 4. The highest BCUT2D eigenvalue weighted by Crippen LogP contribution is 2.18. The maximum absolute atomic E-state index is 13.3. The number of nitrogens with one attached hydrogen (secondary N) is 1. The number of carbonyl (C=O) groups is 1. The van der Waals surface area contributed by atoms with Crippen molar-refractivity contribution in [1.82, 2.24) is 25.5 Å². The number of hydrogen-bond donors (Lipinski definition) is 1. The van der Waals surface area contributed by atoms with Crippen molar-refractivity contribution >= 4 is 5.91 Å². The number of hydrogen-bond acceptors (Lipinski definition) is 4. The summed E-state index contributed by atoms with van der Waals surface area (Å²) in [5.41, 5.74) is 0.153. The van der Waals surface area contributed by atoms with Crippen molar-refractivity contribution in [2.45, 2.75) is 33.7 Å². The van der Waals surface area contributed by atoms with Crippen molar-refractivity contribution in [3.05, 3.63) is 35.7 Å². The summed E-state index contributed by atoms with van der Waals surface area (Å²) in [6, 6.07) is 3.34. The van der Waals surface area contributed by atoms with Gasteiger partial charge in [-0.2, -0.15) is 4.68 Å². The van der Waals surface area contributed by atoms with Crippen LogP contribution in [-0.2, 0) is 11.3 Å². The minimum Gasteiger partial charge on any atom is -0.349 e. The lowest BCUT2D eigenvalue weighted by molar-refractivity contribution is -0.123. The predicted octanol–water partition coefficient (Wildman–Crippen LogP) is 1.99. The zero-order valence-electron chi connectivity index (χ0n) is 12.6. The average molecular weight is 309 g/mol. The van der Waals surface area contributed by atoms with E-state index >= 15 is 0 Å². The summed E-state index contributed by atoms with van der Waals surface area (Å²) in [5.74, 6) is -1.74. The first-order valence-electron chi connectivity index (χ1n) is 6.76. The molecular formula is C14H17F2N5O. The molecule has 0 spiro atoms. The first kappa shape index (κ1) is 16.0. The molecule has 1 amide bonds. The van der Waals surface area contributed by atoms with Gasteiger partial charge in [0.1, 0.15) is 0 Å². The van der Waals surface area contributed by atoms with E-state index in [0.717, 1.165) is 12.1 Å². The Kier molecular flexibility index (Phi) is 4.48. The number of amides is 1. The lowest BCUT2D eigenvalue weighted by atomic mass is 9.92. The van der Waals surface area contributed by atoms with Crippen LogP contribution >= 0.6 is 0 Å². The predicted molar refractivity (Wildman–Crippen MR) is 75.0 cm³/mol. The van der Waals surface area contributed by atoms with Crippen LogP contribution in [0.25, 0.3) is 5.69 Å². The molecule has 118 valence electrons. The quantitative estimate of drug-likeness (QED) is 0.937. The molecule has 0 bridgehead atoms. The summed E-state index contributed by atoms with van der Waals surface area (Å²) >= 11 is 0. The van der Waals surface area contributed by atoms with E-state index in [1.165, 1.54) is 10.7 Å². The van der Waals surface area contributed by atoms with Crippen molar-refractivity contribution in [1.29, 1.82) is 0 Å². The van der Waals surface area contributed by atoms with Gasteiger partial charge in [0.05, 0.1) is 12.2 Å². The molecule has 1 aromatic carbocycles. The molecule has 1 N–H and O–H groups in total. The molecule has 2 rings (SSSR count). The highest BCUT2D eigenvalue weighted by Gasteiger charge is 2.17. The Balaban J connectivity index is 2.10. The number of halogens is 2. The van der Waals surface area contributed by atoms with E-state index in [2.05, 4.69) is 20.8 Å². The van der Waals surface area contributed by atoms with Crippen molar-refractivity contribution in [2.24, 2.45) is 5.41 Å². The molecule has 0 radical (unpaired) electrons. The SMILES string of the molecule is CC(C)(C)CC(=O)NCc1nnnn1-c1ccc(F)c(F)c1. The molecule has 0 unspecified atom stereocenters. The summed E-state index contributed by atoms with van der Waals surface area (Å²) < 4.78 is 27.5. The van der Waals surface area contributed by atoms with Gasteiger partial charge in [0, 0.05) is 12.5 Å². The van der Waals surface area contributed by atoms with Gasteiger partial charge >= 0.3 is 0 Å². The largest absolute Gasteiger partial charge is 0.349 e. The molecule has 0 atom stereocenters. The Labute approximate surface area is 126 Å². The summed E-state index contributed by atoms with van der Waals surface area (Å²) in [6.45, 7) is 5.97. The number of rotatable bonds is 4. The van der Waals surface area contributed by atoms with E-state index in [9.17, 15) is 13.6 Å². The second-order valence-corrected chi connectivity index (χ2v) is 6.12. The standard InChI is InChI=1S/C14H17F2N5O/c1-14(2,3)7-13(22)17-8-12-18-19-20-21(12)9-4-5-10(15)11(16)6-9/h4-6H,7-8H2,1-3H3,(H,17,22). The second-order valence-electron chi connectivity index (χ2n) is 6.12. The lowest BCUT2D eigenvalue weighted by Gasteiger charge is -2.17. The van der Waals surface area contributed by atoms with Crippen LogP contribution in [0, 0.1) is 17.0 Å². The maximum Gasteiger partial charge on any atom is 0.220 e. The van der Waals surface area contributed by atoms with E-state index < -0.39 is 11.6 Å². The third-order valence-corrected chi connectivity index (χ3v) is 2.82. The van der Waals surface area contributed by atoms with Gasteiger partial charge in [-0.1, -0.05) is 20.8 Å². The van der Waals surface area contributed by atoms with Gasteiger partial charge in [-0.25, -0.2) is 8.78 Å². The smallest absolute Gasteiger partial charge is 0.220 e. The van der Waals surface area contributed by atoms with Gasteiger partial charge < -0.3 is 5.32 Å². The molecule has 1 aromatic heterocycles. The van der Waals surface area contributed by atoms with Crippen LogP contribution in [0.1, 0.15) is 33.0 Å². The lowest BCUT2D eigenvalue weighted by Crippen LogP contribution is -2.28. The van der Waals surface area contributed by atoms with Crippen LogP contribution in [0.5, 0.6) is 0 Å². The summed E-state index contributed by atoms with van der Waals surface area (Å²) in [7, 11) is 0. The van der Waals surface area contributed by atoms with Gasteiger partial charge in [0.25, 0.3) is 0 Å². The fourth-order valence-electron chi connectivity index (χ4n) is 1.86. The van der Waals surface area contributed by atoms with Crippen LogP contribution < -0.4 is 5.32 Å². The molecule has 6 nitrogen and oxygen atoms in total. The third-order valence-electron chi connectivity index (χ3n) is 2.82. The van der Waals surface area contributed by atoms with Crippen LogP contribution in [0.3, 0.4) is 0 Å². The van der Waals surface area contributed by atoms with E-state index in [4.69, 9.17) is 0 Å². The monoisotopic (exact) mass is 309 g/mol. The Hall–Kier alpha value is -2.38. The third kappa shape index (κ3) is 4.06. The van der Waals surface area contributed by atoms with Crippen LogP contribution in [0.15, 0.2) is 18.2 Å². The molecule has 0 aliphatic heterocycles. The Bertz CT molecular complexity index is 678. The van der Waals surface area contributed by atoms with Gasteiger partial charge in [0.15, 0.2) is 17.5 Å². The zero-order valence-corrected chi connectivity index (χ0v) is 12.6. The van der Waals surface area contributed by atoms with Crippen LogP contribution in [0.2, 0.25) is 0 Å². The minimum atomic E-state index is -0.990. The molecule has 2 aromatic rings. The normalized spacial score (nSPS) is 11.5. The van der Waals surface area contributed by atoms with Crippen LogP contribution in [-0.4, -0.2) is 26.1 Å². The van der Waals surface area contributed by atoms with E-state index in [-0.39, 0.29) is 23.6 Å². The average Bonchev–Trinajstić information content (AvgIpc) is 2.86. The molecule has 22 heavy (non-hydrogen) atoms. The number of tetrazole rings is 1. The molecule has 0 saturated carbocycles. The Morgan fingerprint density at radius 2 is 2.00 bits per heavy atom. The summed E-state index contributed by atoms with van der Waals surface area (Å²) in [5, 5.41) is 13.7. The number of carbonyl (C=O) groups excluding carboxylic acids is 1. The highest BCUT2D eigenvalue weighted by molar-refractivity contribution is 5.76. The van der Waals surface area contributed by atoms with Crippen molar-refractivity contribution < 1.29 is 13.6 Å². The Morgan fingerprint density at radius 1 is 1.27 bits per heavy atom. The molecule has 0 aliphatic carbocycles. The van der Waals surface area contributed by atoms with Crippen molar-refractivity contribution in [2.75, 3.05) is 0 Å². The number of benzene rings is 1. The van der Waals surface area contributed by atoms with Gasteiger partial charge in [-0.05, 0) is 28.0 Å². The van der Waals surface area contributed by atoms with Gasteiger partial charge in [-0.3, -0.25) is 4.79 Å². The van der Waals surface area contributed by atoms with E-state index in [1.54, 1.807) is 0 Å².